The second kappa shape index (κ2) is 7.96. The van der Waals surface area contributed by atoms with Gasteiger partial charge in [-0.25, -0.2) is 4.39 Å². The number of likely N-dealkylation sites (tertiary alicyclic amines) is 1. The Morgan fingerprint density at radius 2 is 2.10 bits per heavy atom. The van der Waals surface area contributed by atoms with Crippen molar-refractivity contribution in [2.45, 2.75) is 12.8 Å². The average molecular weight is 366 g/mol. The molecule has 6 heteroatoms. The molecule has 1 aromatic carbocycles. The van der Waals surface area contributed by atoms with Gasteiger partial charge in [0.2, 0.25) is 0 Å². The third-order valence-corrected chi connectivity index (χ3v) is 4.17. The highest BCUT2D eigenvalue weighted by molar-refractivity contribution is 9.10. The molecule has 3 nitrogen and oxygen atoms in total. The molecule has 0 unspecified atom stereocenters. The molecule has 112 valence electrons. The standard InChI is InChI=1S/C14H18BrFN2O.ClH/c1-17-9-10-4-6-18(7-5-10)14(19)11-2-3-13(16)12(15)8-11;/h2-3,8,10,17H,4-7,9H2,1H3;1H. The zero-order valence-electron chi connectivity index (χ0n) is 11.4. The van der Waals surface area contributed by atoms with Gasteiger partial charge in [-0.15, -0.1) is 12.4 Å². The van der Waals surface area contributed by atoms with Crippen molar-refractivity contribution >= 4 is 34.2 Å². The molecule has 0 bridgehead atoms. The number of piperidine rings is 1. The van der Waals surface area contributed by atoms with Crippen LogP contribution in [-0.4, -0.2) is 37.5 Å². The van der Waals surface area contributed by atoms with Gasteiger partial charge in [0.15, 0.2) is 0 Å². The van der Waals surface area contributed by atoms with Crippen LogP contribution in [0.1, 0.15) is 23.2 Å². The van der Waals surface area contributed by atoms with E-state index in [1.54, 1.807) is 12.1 Å². The SMILES string of the molecule is CNCC1CCN(C(=O)c2ccc(F)c(Br)c2)CC1.Cl. The average Bonchev–Trinajstić information content (AvgIpc) is 2.42. The van der Waals surface area contributed by atoms with Crippen molar-refractivity contribution in [1.29, 1.82) is 0 Å². The highest BCUT2D eigenvalue weighted by Gasteiger charge is 2.23. The lowest BCUT2D eigenvalue weighted by Gasteiger charge is -2.32. The summed E-state index contributed by atoms with van der Waals surface area (Å²) in [4.78, 5) is 14.1. The third-order valence-electron chi connectivity index (χ3n) is 3.56. The molecular formula is C14H19BrClFN2O. The van der Waals surface area contributed by atoms with Crippen molar-refractivity contribution in [3.05, 3.63) is 34.1 Å². The Balaban J connectivity index is 0.00000200. The number of benzene rings is 1. The first-order valence-corrected chi connectivity index (χ1v) is 7.30. The molecule has 1 amide bonds. The van der Waals surface area contributed by atoms with E-state index in [1.807, 2.05) is 11.9 Å². The maximum absolute atomic E-state index is 13.2. The van der Waals surface area contributed by atoms with Gasteiger partial charge in [0, 0.05) is 18.7 Å². The van der Waals surface area contributed by atoms with E-state index in [2.05, 4.69) is 21.2 Å². The number of hydrogen-bond donors (Lipinski definition) is 1. The normalized spacial score (nSPS) is 15.8. The first-order chi connectivity index (χ1) is 9.11. The molecule has 20 heavy (non-hydrogen) atoms. The topological polar surface area (TPSA) is 32.3 Å². The Hall–Kier alpha value is -0.650. The van der Waals surface area contributed by atoms with E-state index in [9.17, 15) is 9.18 Å². The molecule has 1 aliphatic heterocycles. The minimum Gasteiger partial charge on any atom is -0.339 e. The largest absolute Gasteiger partial charge is 0.339 e. The summed E-state index contributed by atoms with van der Waals surface area (Å²) in [6, 6.07) is 4.42. The van der Waals surface area contributed by atoms with Crippen LogP contribution in [0.4, 0.5) is 4.39 Å². The van der Waals surface area contributed by atoms with Crippen LogP contribution in [-0.2, 0) is 0 Å². The summed E-state index contributed by atoms with van der Waals surface area (Å²) < 4.78 is 13.5. The van der Waals surface area contributed by atoms with Gasteiger partial charge in [-0.05, 0) is 66.5 Å². The van der Waals surface area contributed by atoms with E-state index in [-0.39, 0.29) is 24.1 Å². The van der Waals surface area contributed by atoms with Gasteiger partial charge in [-0.3, -0.25) is 4.79 Å². The molecule has 0 aromatic heterocycles. The van der Waals surface area contributed by atoms with Gasteiger partial charge in [0.25, 0.3) is 5.91 Å². The van der Waals surface area contributed by atoms with Gasteiger partial charge in [0.05, 0.1) is 4.47 Å². The first-order valence-electron chi connectivity index (χ1n) is 6.50. The molecule has 1 fully saturated rings. The second-order valence-electron chi connectivity index (χ2n) is 4.92. The van der Waals surface area contributed by atoms with Crippen molar-refractivity contribution in [2.75, 3.05) is 26.7 Å². The van der Waals surface area contributed by atoms with Crippen LogP contribution in [0, 0.1) is 11.7 Å². The summed E-state index contributed by atoms with van der Waals surface area (Å²) in [5, 5.41) is 3.18. The van der Waals surface area contributed by atoms with Gasteiger partial charge < -0.3 is 10.2 Å². The Morgan fingerprint density at radius 1 is 1.45 bits per heavy atom. The van der Waals surface area contributed by atoms with Crippen molar-refractivity contribution in [3.8, 4) is 0 Å². The van der Waals surface area contributed by atoms with E-state index >= 15 is 0 Å². The monoisotopic (exact) mass is 364 g/mol. The summed E-state index contributed by atoms with van der Waals surface area (Å²) in [6.07, 6.45) is 2.05. The van der Waals surface area contributed by atoms with Crippen LogP contribution in [0.2, 0.25) is 0 Å². The number of carbonyl (C=O) groups is 1. The van der Waals surface area contributed by atoms with Crippen LogP contribution >= 0.6 is 28.3 Å². The lowest BCUT2D eigenvalue weighted by Crippen LogP contribution is -2.40. The third kappa shape index (κ3) is 4.17. The minimum atomic E-state index is -0.343. The molecule has 0 radical (unpaired) electrons. The quantitative estimate of drug-likeness (QED) is 0.893. The van der Waals surface area contributed by atoms with E-state index in [4.69, 9.17) is 0 Å². The molecule has 2 rings (SSSR count). The zero-order chi connectivity index (χ0) is 13.8. The lowest BCUT2D eigenvalue weighted by molar-refractivity contribution is 0.0691. The van der Waals surface area contributed by atoms with Crippen molar-refractivity contribution in [3.63, 3.8) is 0 Å². The van der Waals surface area contributed by atoms with Crippen LogP contribution in [0.15, 0.2) is 22.7 Å². The van der Waals surface area contributed by atoms with Crippen molar-refractivity contribution < 1.29 is 9.18 Å². The van der Waals surface area contributed by atoms with Crippen LogP contribution in [0.25, 0.3) is 0 Å². The van der Waals surface area contributed by atoms with E-state index < -0.39 is 0 Å². The maximum atomic E-state index is 13.2. The predicted octanol–water partition coefficient (Wildman–Crippen LogP) is 3.08. The maximum Gasteiger partial charge on any atom is 0.253 e. The van der Waals surface area contributed by atoms with Gasteiger partial charge in [-0.1, -0.05) is 0 Å². The van der Waals surface area contributed by atoms with Gasteiger partial charge >= 0.3 is 0 Å². The van der Waals surface area contributed by atoms with E-state index in [0.29, 0.717) is 16.0 Å². The molecule has 1 heterocycles. The van der Waals surface area contributed by atoms with Crippen molar-refractivity contribution in [1.82, 2.24) is 10.2 Å². The number of nitrogens with one attached hydrogen (secondary N) is 1. The first kappa shape index (κ1) is 17.4. The highest BCUT2D eigenvalue weighted by atomic mass is 79.9. The van der Waals surface area contributed by atoms with Crippen molar-refractivity contribution in [2.24, 2.45) is 5.92 Å². The summed E-state index contributed by atoms with van der Waals surface area (Å²) in [7, 11) is 1.95. The number of carbonyl (C=O) groups excluding carboxylic acids is 1. The fourth-order valence-corrected chi connectivity index (χ4v) is 2.82. The summed E-state index contributed by atoms with van der Waals surface area (Å²) in [5.74, 6) is 0.293. The lowest BCUT2D eigenvalue weighted by atomic mass is 9.96. The number of rotatable bonds is 3. The van der Waals surface area contributed by atoms with Crippen LogP contribution in [0.5, 0.6) is 0 Å². The molecule has 1 aromatic rings. The fraction of sp³-hybridized carbons (Fsp3) is 0.500. The molecule has 0 aliphatic carbocycles. The molecule has 1 aliphatic rings. The molecule has 0 saturated carbocycles. The fourth-order valence-electron chi connectivity index (χ4n) is 2.44. The van der Waals surface area contributed by atoms with E-state index in [1.165, 1.54) is 6.07 Å². The van der Waals surface area contributed by atoms with E-state index in [0.717, 1.165) is 32.5 Å². The molecule has 1 saturated heterocycles. The second-order valence-corrected chi connectivity index (χ2v) is 5.78. The Kier molecular flexibility index (Phi) is 6.92. The number of hydrogen-bond acceptors (Lipinski definition) is 2. The number of amides is 1. The Morgan fingerprint density at radius 3 is 2.65 bits per heavy atom. The Bertz CT molecular complexity index is 464. The van der Waals surface area contributed by atoms with Crippen LogP contribution < -0.4 is 5.32 Å². The molecular weight excluding hydrogens is 347 g/mol. The number of nitrogens with zero attached hydrogens (tertiary/aromatic N) is 1. The van der Waals surface area contributed by atoms with Gasteiger partial charge in [0.1, 0.15) is 5.82 Å². The summed E-state index contributed by atoms with van der Waals surface area (Å²) in [6.45, 7) is 2.56. The Labute approximate surface area is 133 Å². The summed E-state index contributed by atoms with van der Waals surface area (Å²) in [5.41, 5.74) is 0.542. The highest BCUT2D eigenvalue weighted by Crippen LogP contribution is 2.21. The predicted molar refractivity (Wildman–Crippen MR) is 83.9 cm³/mol. The molecule has 1 N–H and O–H groups in total. The number of halogens is 3. The molecule has 0 atom stereocenters. The molecule has 0 spiro atoms. The zero-order valence-corrected chi connectivity index (χ0v) is 13.8. The summed E-state index contributed by atoms with van der Waals surface area (Å²) >= 11 is 3.11. The van der Waals surface area contributed by atoms with Gasteiger partial charge in [-0.2, -0.15) is 0 Å². The minimum absolute atomic E-state index is 0. The van der Waals surface area contributed by atoms with Crippen LogP contribution in [0.3, 0.4) is 0 Å². The smallest absolute Gasteiger partial charge is 0.253 e.